The zero-order valence-corrected chi connectivity index (χ0v) is 25.7. The molecule has 0 amide bonds. The highest BCUT2D eigenvalue weighted by atomic mass is 32.7. The van der Waals surface area contributed by atoms with Crippen LogP contribution in [0.5, 0.6) is 0 Å². The Morgan fingerprint density at radius 3 is 2.38 bits per heavy atom. The van der Waals surface area contributed by atoms with Gasteiger partial charge in [-0.05, 0) is 11.8 Å². The van der Waals surface area contributed by atoms with Gasteiger partial charge in [0.1, 0.15) is 24.4 Å². The quantitative estimate of drug-likeness (QED) is 0.139. The number of thiol groups is 1. The minimum absolute atomic E-state index is 0.0250. The maximum absolute atomic E-state index is 16.0. The number of ether oxygens (including phenoxy) is 2. The molecule has 7 rings (SSSR count). The molecule has 5 N–H and O–H groups in total. The summed E-state index contributed by atoms with van der Waals surface area (Å²) in [6.45, 7) is -10.3. The third kappa shape index (κ3) is 5.54. The molecule has 0 spiro atoms. The molecular formula is C20H21F2N9O10P2S2. The second-order valence-corrected chi connectivity index (χ2v) is 15.7. The summed E-state index contributed by atoms with van der Waals surface area (Å²) < 4.78 is 80.8. The number of nitrogen functional groups attached to an aromatic ring is 1. The van der Waals surface area contributed by atoms with E-state index in [1.165, 1.54) is 0 Å². The summed E-state index contributed by atoms with van der Waals surface area (Å²) in [6.07, 6.45) is -10.3. The number of nitrogens with two attached hydrogens (primary N) is 1. The Balaban J connectivity index is 1.21. The van der Waals surface area contributed by atoms with Crippen LogP contribution in [-0.2, 0) is 43.9 Å². The molecule has 45 heavy (non-hydrogen) atoms. The monoisotopic (exact) mass is 711 g/mol. The molecule has 3 aliphatic heterocycles. The van der Waals surface area contributed by atoms with E-state index >= 15 is 8.78 Å². The first kappa shape index (κ1) is 30.9. The van der Waals surface area contributed by atoms with Gasteiger partial charge in [0.15, 0.2) is 47.1 Å². The molecule has 2 bridgehead atoms. The second-order valence-electron chi connectivity index (χ2n) is 10.0. The van der Waals surface area contributed by atoms with Crippen molar-refractivity contribution in [2.75, 3.05) is 18.9 Å². The number of aromatic amines is 2. The predicted molar refractivity (Wildman–Crippen MR) is 153 cm³/mol. The summed E-state index contributed by atoms with van der Waals surface area (Å²) in [5.41, 5.74) is 3.99. The van der Waals surface area contributed by atoms with E-state index in [1.54, 1.807) is 0 Å². The molecule has 4 aromatic heterocycles. The summed E-state index contributed by atoms with van der Waals surface area (Å²) in [6, 6.07) is 0. The SMILES string of the molecule is Nc1nc2c(ncn2[C@@H]2O[C@@H]3COP(O)(=S)O[C@H]4[C@@H](F)[C@H](n5cnc6c(=O)[nH]cnc65)O[C@@H]4COP(=O)(S)O[C@@H]2[C@@H]3F)c(=O)[nH]1. The number of hydrogen-bond donors (Lipinski definition) is 5. The Labute approximate surface area is 258 Å². The van der Waals surface area contributed by atoms with E-state index in [9.17, 15) is 19.0 Å². The highest BCUT2D eigenvalue weighted by Gasteiger charge is 2.54. The Kier molecular flexibility index (Phi) is 7.72. The summed E-state index contributed by atoms with van der Waals surface area (Å²) in [4.78, 5) is 55.8. The number of nitrogens with one attached hydrogen (secondary N) is 2. The second kappa shape index (κ2) is 11.2. The van der Waals surface area contributed by atoms with Crippen LogP contribution in [0.15, 0.2) is 28.6 Å². The van der Waals surface area contributed by atoms with Crippen LogP contribution < -0.4 is 16.9 Å². The predicted octanol–water partition coefficient (Wildman–Crippen LogP) is 0.378. The first-order chi connectivity index (χ1) is 21.3. The highest BCUT2D eigenvalue weighted by Crippen LogP contribution is 2.58. The molecule has 4 aromatic rings. The minimum atomic E-state index is -4.51. The zero-order chi connectivity index (χ0) is 31.8. The number of halogens is 2. The summed E-state index contributed by atoms with van der Waals surface area (Å²) in [5, 5.41) is 0. The largest absolute Gasteiger partial charge is 0.386 e. The van der Waals surface area contributed by atoms with E-state index in [-0.39, 0.29) is 28.3 Å². The van der Waals surface area contributed by atoms with Crippen LogP contribution >= 0.6 is 25.8 Å². The number of H-pyrrole nitrogens is 2. The van der Waals surface area contributed by atoms with E-state index in [0.717, 1.165) is 28.1 Å². The first-order valence-corrected chi connectivity index (χ1v) is 18.1. The number of anilines is 1. The Bertz CT molecular complexity index is 2010. The Hall–Kier alpha value is -2.69. The number of hydrogen-bond acceptors (Lipinski definition) is 15. The van der Waals surface area contributed by atoms with Crippen molar-refractivity contribution in [3.8, 4) is 0 Å². The lowest BCUT2D eigenvalue weighted by atomic mass is 10.1. The van der Waals surface area contributed by atoms with Gasteiger partial charge < -0.3 is 29.6 Å². The lowest BCUT2D eigenvalue weighted by Gasteiger charge is -2.26. The molecule has 0 aromatic carbocycles. The van der Waals surface area contributed by atoms with E-state index < -0.39 is 87.1 Å². The number of fused-ring (bicyclic) bond motifs is 5. The number of alkyl halides is 2. The van der Waals surface area contributed by atoms with Gasteiger partial charge in [-0.1, -0.05) is 12.2 Å². The van der Waals surface area contributed by atoms with Crippen LogP contribution in [0.25, 0.3) is 22.3 Å². The molecule has 242 valence electrons. The number of imidazole rings is 2. The lowest BCUT2D eigenvalue weighted by molar-refractivity contribution is -0.0578. The highest BCUT2D eigenvalue weighted by molar-refractivity contribution is 8.44. The summed E-state index contributed by atoms with van der Waals surface area (Å²) >= 11 is 9.07. The van der Waals surface area contributed by atoms with Gasteiger partial charge in [0.05, 0.1) is 32.2 Å². The van der Waals surface area contributed by atoms with Crippen LogP contribution in [0.2, 0.25) is 0 Å². The summed E-state index contributed by atoms with van der Waals surface area (Å²) in [5.74, 6) is -0.272. The summed E-state index contributed by atoms with van der Waals surface area (Å²) in [7, 11) is 0. The molecular weight excluding hydrogens is 690 g/mol. The van der Waals surface area contributed by atoms with Crippen LogP contribution in [0.1, 0.15) is 12.5 Å². The molecule has 3 aliphatic rings. The third-order valence-corrected chi connectivity index (χ3v) is 10.4. The molecule has 10 atom stereocenters. The fourth-order valence-electron chi connectivity index (χ4n) is 5.23. The van der Waals surface area contributed by atoms with Crippen LogP contribution in [0.4, 0.5) is 14.7 Å². The lowest BCUT2D eigenvalue weighted by Crippen LogP contribution is -2.34. The van der Waals surface area contributed by atoms with Gasteiger partial charge in [-0.15, -0.1) is 0 Å². The van der Waals surface area contributed by atoms with E-state index in [4.69, 9.17) is 45.1 Å². The average Bonchev–Trinajstić information content (AvgIpc) is 3.72. The van der Waals surface area contributed by atoms with Crippen LogP contribution in [0, 0.1) is 0 Å². The molecule has 0 aliphatic carbocycles. The van der Waals surface area contributed by atoms with Gasteiger partial charge in [0.25, 0.3) is 11.1 Å². The van der Waals surface area contributed by atoms with Crippen molar-refractivity contribution in [1.82, 2.24) is 39.0 Å². The number of nitrogens with zero attached hydrogens (tertiary/aromatic N) is 6. The van der Waals surface area contributed by atoms with Gasteiger partial charge in [-0.3, -0.25) is 37.3 Å². The third-order valence-electron chi connectivity index (χ3n) is 7.21. The Morgan fingerprint density at radius 1 is 0.956 bits per heavy atom. The number of rotatable bonds is 2. The first-order valence-electron chi connectivity index (χ1n) is 12.8. The van der Waals surface area contributed by atoms with Crippen LogP contribution in [-0.4, -0.2) is 93.9 Å². The maximum atomic E-state index is 16.0. The normalized spacial score (nSPS) is 37.7. The molecule has 3 fully saturated rings. The zero-order valence-electron chi connectivity index (χ0n) is 22.2. The number of aromatic nitrogens is 8. The molecule has 25 heteroatoms. The van der Waals surface area contributed by atoms with Crippen molar-refractivity contribution in [2.45, 2.75) is 49.2 Å². The molecule has 19 nitrogen and oxygen atoms in total. The molecule has 3 saturated heterocycles. The Morgan fingerprint density at radius 2 is 1.62 bits per heavy atom. The van der Waals surface area contributed by atoms with Crippen molar-refractivity contribution >= 4 is 65.8 Å². The van der Waals surface area contributed by atoms with E-state index in [0.29, 0.717) is 0 Å². The smallest absolute Gasteiger partial charge is 0.369 e. The van der Waals surface area contributed by atoms with Gasteiger partial charge in [-0.2, -0.15) is 4.98 Å². The molecule has 2 unspecified atom stereocenters. The topological polar surface area (TPSA) is 246 Å². The van der Waals surface area contributed by atoms with Crippen molar-refractivity contribution in [3.05, 3.63) is 39.7 Å². The molecule has 0 saturated carbocycles. The molecule has 0 radical (unpaired) electrons. The van der Waals surface area contributed by atoms with Gasteiger partial charge >= 0.3 is 13.5 Å². The van der Waals surface area contributed by atoms with Crippen molar-refractivity contribution in [3.63, 3.8) is 0 Å². The standard InChI is InChI=1S/C20H21F2N9O10P2S2/c21-8-6-1-36-42(34,44)40-12-7(39-18(9(12)22)30-4-26-10-14(30)24-3-25-16(10)32)2-37-43(35,45)41-13(8)19(38-6)31-5-27-11-15(31)28-20(23)29-17(11)33/h3-9,12-13,18-19H,1-2H2,(H,34,44)(H,35,45)(H,24,25,32)(H3,23,28,29,33)/t6-,7-,8-,9-,12-,13-,18-,19-,42?,43?/m1/s1. The van der Waals surface area contributed by atoms with E-state index in [1.807, 2.05) is 0 Å². The van der Waals surface area contributed by atoms with E-state index in [2.05, 4.69) is 42.2 Å². The van der Waals surface area contributed by atoms with Crippen molar-refractivity contribution in [2.24, 2.45) is 0 Å². The van der Waals surface area contributed by atoms with Gasteiger partial charge in [0, 0.05) is 0 Å². The fourth-order valence-corrected chi connectivity index (χ4v) is 8.11. The van der Waals surface area contributed by atoms with Crippen molar-refractivity contribution in [1.29, 1.82) is 0 Å². The maximum Gasteiger partial charge on any atom is 0.386 e. The van der Waals surface area contributed by atoms with Crippen molar-refractivity contribution < 1.29 is 45.8 Å². The van der Waals surface area contributed by atoms with Crippen LogP contribution in [0.3, 0.4) is 0 Å². The average molecular weight is 712 g/mol. The van der Waals surface area contributed by atoms with Gasteiger partial charge in [0.2, 0.25) is 5.95 Å². The van der Waals surface area contributed by atoms with Gasteiger partial charge in [-0.25, -0.2) is 28.3 Å². The fraction of sp³-hybridized carbons (Fsp3) is 0.500. The minimum Gasteiger partial charge on any atom is -0.369 e. The molecule has 7 heterocycles.